The number of guanidine groups is 1. The Bertz CT molecular complexity index is 1910. The predicted molar refractivity (Wildman–Crippen MR) is 203 cm³/mol. The summed E-state index contributed by atoms with van der Waals surface area (Å²) in [5, 5.41) is 6.46. The fraction of sp³-hybridized carbons (Fsp3) is 0.250. The Balaban J connectivity index is 0.00000351. The number of rotatable bonds is 15. The Morgan fingerprint density at radius 1 is 0.843 bits per heavy atom. The van der Waals surface area contributed by atoms with E-state index in [1.807, 2.05) is 66.7 Å². The number of hydrogen-bond donors (Lipinski definition) is 7. The van der Waals surface area contributed by atoms with Crippen LogP contribution in [-0.4, -0.2) is 70.5 Å². The van der Waals surface area contributed by atoms with Gasteiger partial charge in [-0.05, 0) is 35.6 Å². The van der Waals surface area contributed by atoms with Crippen molar-refractivity contribution < 1.29 is 19.1 Å². The van der Waals surface area contributed by atoms with E-state index in [0.717, 1.165) is 33.2 Å². The van der Waals surface area contributed by atoms with E-state index in [1.54, 1.807) is 12.4 Å². The van der Waals surface area contributed by atoms with Crippen LogP contribution in [0, 0.1) is 0 Å². The number of esters is 1. The number of para-hydroxylation sites is 1. The molecule has 0 aliphatic rings. The molecule has 3 atom stereocenters. The average molecular weight is 737 g/mol. The van der Waals surface area contributed by atoms with E-state index in [4.69, 9.17) is 21.9 Å². The number of aromatic nitrogens is 3. The highest BCUT2D eigenvalue weighted by Crippen LogP contribution is 2.24. The summed E-state index contributed by atoms with van der Waals surface area (Å²) in [6.07, 6.45) is 4.36. The first-order valence-corrected chi connectivity index (χ1v) is 16.0. The van der Waals surface area contributed by atoms with E-state index in [1.165, 1.54) is 7.11 Å². The Labute approximate surface area is 308 Å². The van der Waals surface area contributed by atoms with Crippen LogP contribution in [0.3, 0.4) is 0 Å². The maximum atomic E-state index is 13.7. The minimum absolute atomic E-state index is 0. The number of halogens is 2. The number of carbonyl (C=O) groups excluding carboxylic acids is 3. The summed E-state index contributed by atoms with van der Waals surface area (Å²) in [6.45, 7) is 0.268. The number of fused-ring (bicyclic) bond motifs is 1. The van der Waals surface area contributed by atoms with Crippen LogP contribution < -0.4 is 27.8 Å². The van der Waals surface area contributed by atoms with E-state index < -0.39 is 35.9 Å². The number of benzene rings is 3. The molecule has 0 fully saturated rings. The second-order valence-corrected chi connectivity index (χ2v) is 11.7. The number of methoxy groups -OCH3 is 1. The maximum absolute atomic E-state index is 13.7. The van der Waals surface area contributed by atoms with E-state index in [2.05, 4.69) is 42.7 Å². The SMILES string of the molecule is COC(=O)[C@H](CCCN=C(N)N)NC(=O)[C@H](Cc1c[nH]c2ccccc12)NC(=O)[C@@H](N)Cc1cnc(-c2ccc(-c3ccccc3)cc2)[nH]1.Cl.Cl. The van der Waals surface area contributed by atoms with Gasteiger partial charge < -0.3 is 42.5 Å². The van der Waals surface area contributed by atoms with Crippen LogP contribution in [0.5, 0.6) is 0 Å². The summed E-state index contributed by atoms with van der Waals surface area (Å²) in [5.41, 5.74) is 22.6. The average Bonchev–Trinajstić information content (AvgIpc) is 3.76. The van der Waals surface area contributed by atoms with Gasteiger partial charge in [-0.15, -0.1) is 24.8 Å². The molecule has 0 radical (unpaired) electrons. The van der Waals surface area contributed by atoms with Crippen molar-refractivity contribution in [1.82, 2.24) is 25.6 Å². The van der Waals surface area contributed by atoms with Gasteiger partial charge in [0.2, 0.25) is 11.8 Å². The molecule has 51 heavy (non-hydrogen) atoms. The number of nitrogens with two attached hydrogens (primary N) is 3. The fourth-order valence-electron chi connectivity index (χ4n) is 5.57. The molecule has 270 valence electrons. The van der Waals surface area contributed by atoms with Gasteiger partial charge in [0.1, 0.15) is 17.9 Å². The van der Waals surface area contributed by atoms with Gasteiger partial charge in [-0.1, -0.05) is 72.8 Å². The van der Waals surface area contributed by atoms with Crippen LogP contribution in [0.4, 0.5) is 0 Å². The molecule has 0 spiro atoms. The number of H-pyrrole nitrogens is 2. The largest absolute Gasteiger partial charge is 0.467 e. The van der Waals surface area contributed by atoms with Crippen molar-refractivity contribution in [3.8, 4) is 22.5 Å². The molecule has 10 N–H and O–H groups in total. The van der Waals surface area contributed by atoms with Crippen molar-refractivity contribution in [2.24, 2.45) is 22.2 Å². The minimum atomic E-state index is -1.05. The number of nitrogens with one attached hydrogen (secondary N) is 4. The van der Waals surface area contributed by atoms with Crippen molar-refractivity contribution >= 4 is 59.5 Å². The van der Waals surface area contributed by atoms with Gasteiger partial charge in [-0.3, -0.25) is 14.6 Å². The zero-order valence-corrected chi connectivity index (χ0v) is 29.6. The van der Waals surface area contributed by atoms with Crippen molar-refractivity contribution in [3.05, 3.63) is 103 Å². The van der Waals surface area contributed by atoms with Crippen molar-refractivity contribution in [2.75, 3.05) is 13.7 Å². The summed E-state index contributed by atoms with van der Waals surface area (Å²) >= 11 is 0. The summed E-state index contributed by atoms with van der Waals surface area (Å²) in [7, 11) is 1.24. The second kappa shape index (κ2) is 19.1. The normalized spacial score (nSPS) is 12.4. The Kier molecular flexibility index (Phi) is 15.0. The lowest BCUT2D eigenvalue weighted by atomic mass is 10.0. The Morgan fingerprint density at radius 3 is 2.20 bits per heavy atom. The zero-order valence-electron chi connectivity index (χ0n) is 28.0. The van der Waals surface area contributed by atoms with Crippen LogP contribution in [0.15, 0.2) is 96.2 Å². The molecule has 2 amide bonds. The quantitative estimate of drug-likeness (QED) is 0.0365. The van der Waals surface area contributed by atoms with Gasteiger partial charge in [-0.2, -0.15) is 0 Å². The Hall–Kier alpha value is -5.37. The number of imidazole rings is 1. The van der Waals surface area contributed by atoms with Crippen LogP contribution in [0.1, 0.15) is 24.1 Å². The Morgan fingerprint density at radius 2 is 1.49 bits per heavy atom. The summed E-state index contributed by atoms with van der Waals surface area (Å²) in [4.78, 5) is 54.6. The molecule has 0 unspecified atom stereocenters. The predicted octanol–water partition coefficient (Wildman–Crippen LogP) is 3.38. The molecule has 0 aliphatic carbocycles. The van der Waals surface area contributed by atoms with Crippen LogP contribution in [0.25, 0.3) is 33.4 Å². The molecule has 13 nitrogen and oxygen atoms in total. The first-order valence-electron chi connectivity index (χ1n) is 16.0. The molecule has 0 saturated heterocycles. The molecule has 2 heterocycles. The van der Waals surface area contributed by atoms with Crippen molar-refractivity contribution in [2.45, 2.75) is 43.8 Å². The van der Waals surface area contributed by atoms with Gasteiger partial charge in [0.05, 0.1) is 13.2 Å². The molecular weight excluding hydrogens is 693 g/mol. The fourth-order valence-corrected chi connectivity index (χ4v) is 5.57. The first kappa shape index (κ1) is 40.1. The van der Waals surface area contributed by atoms with Crippen LogP contribution in [-0.2, 0) is 32.0 Å². The number of ether oxygens (including phenoxy) is 1. The molecule has 0 bridgehead atoms. The lowest BCUT2D eigenvalue weighted by molar-refractivity contribution is -0.145. The molecule has 5 rings (SSSR count). The second-order valence-electron chi connectivity index (χ2n) is 11.7. The number of amides is 2. The minimum Gasteiger partial charge on any atom is -0.467 e. The molecular formula is C36H43Cl2N9O4. The summed E-state index contributed by atoms with van der Waals surface area (Å²) in [6, 6.07) is 22.7. The number of aliphatic imine (C=N–C) groups is 1. The van der Waals surface area contributed by atoms with Gasteiger partial charge in [-0.25, -0.2) is 9.78 Å². The van der Waals surface area contributed by atoms with Crippen LogP contribution in [0.2, 0.25) is 0 Å². The molecule has 0 aliphatic heterocycles. The van der Waals surface area contributed by atoms with E-state index >= 15 is 0 Å². The summed E-state index contributed by atoms with van der Waals surface area (Å²) in [5.74, 6) is -1.15. The van der Waals surface area contributed by atoms with Gasteiger partial charge in [0.25, 0.3) is 0 Å². The third kappa shape index (κ3) is 10.8. The van der Waals surface area contributed by atoms with Gasteiger partial charge in [0.15, 0.2) is 5.96 Å². The van der Waals surface area contributed by atoms with Gasteiger partial charge in [0, 0.05) is 53.9 Å². The van der Waals surface area contributed by atoms with Crippen molar-refractivity contribution in [1.29, 1.82) is 0 Å². The maximum Gasteiger partial charge on any atom is 0.328 e. The van der Waals surface area contributed by atoms with Crippen molar-refractivity contribution in [3.63, 3.8) is 0 Å². The number of nitrogens with zero attached hydrogens (tertiary/aromatic N) is 2. The molecule has 15 heteroatoms. The lowest BCUT2D eigenvalue weighted by Gasteiger charge is -2.23. The third-order valence-electron chi connectivity index (χ3n) is 8.15. The van der Waals surface area contributed by atoms with E-state index in [-0.39, 0.29) is 56.6 Å². The molecule has 5 aromatic rings. The third-order valence-corrected chi connectivity index (χ3v) is 8.15. The van der Waals surface area contributed by atoms with Crippen LogP contribution >= 0.6 is 24.8 Å². The summed E-state index contributed by atoms with van der Waals surface area (Å²) < 4.78 is 4.92. The van der Waals surface area contributed by atoms with Gasteiger partial charge >= 0.3 is 5.97 Å². The van der Waals surface area contributed by atoms with E-state index in [9.17, 15) is 14.4 Å². The highest BCUT2D eigenvalue weighted by molar-refractivity contribution is 5.93. The molecule has 2 aromatic heterocycles. The van der Waals surface area contributed by atoms with E-state index in [0.29, 0.717) is 17.9 Å². The first-order chi connectivity index (χ1) is 23.7. The zero-order chi connectivity index (χ0) is 34.8. The number of carbonyl (C=O) groups is 3. The highest BCUT2D eigenvalue weighted by atomic mass is 35.5. The monoisotopic (exact) mass is 735 g/mol. The lowest BCUT2D eigenvalue weighted by Crippen LogP contribution is -2.55. The topological polar surface area (TPSA) is 219 Å². The molecule has 0 saturated carbocycles. The standard InChI is InChI=1S/C36H41N9O4.2ClH/c1-49-35(48)30(12-7-17-40-36(38)39)44-34(47)31(18-25-20-41-29-11-6-5-10-27(25)29)45-33(46)28(37)19-26-21-42-32(43-26)24-15-13-23(14-16-24)22-8-3-2-4-9-22;;/h2-6,8-11,13-16,20-21,28,30-31,41H,7,12,17-19,37H2,1H3,(H,42,43)(H,44,47)(H,45,46)(H4,38,39,40);2*1H/t28-,30-,31-;;/m0../s1. The number of hydrogen-bond acceptors (Lipinski definition) is 7. The molecule has 3 aromatic carbocycles. The smallest absolute Gasteiger partial charge is 0.328 e. The highest BCUT2D eigenvalue weighted by Gasteiger charge is 2.29. The number of aromatic amines is 2.